The summed E-state index contributed by atoms with van der Waals surface area (Å²) in [5.41, 5.74) is 11.6. The molecule has 6 nitrogen and oxygen atoms in total. The normalized spacial score (nSPS) is 10.6. The average molecular weight is 451 g/mol. The van der Waals surface area contributed by atoms with Crippen molar-refractivity contribution in [1.82, 2.24) is 10.3 Å². The number of aromatic amines is 1. The van der Waals surface area contributed by atoms with Gasteiger partial charge in [-0.1, -0.05) is 66.7 Å². The molecule has 0 radical (unpaired) electrons. The van der Waals surface area contributed by atoms with Gasteiger partial charge in [-0.25, -0.2) is 0 Å². The van der Waals surface area contributed by atoms with E-state index in [-0.39, 0.29) is 17.3 Å². The first-order valence-electron chi connectivity index (χ1n) is 11.0. The summed E-state index contributed by atoms with van der Waals surface area (Å²) in [6.07, 6.45) is 2.93. The molecule has 3 aromatic carbocycles. The van der Waals surface area contributed by atoms with Gasteiger partial charge in [-0.2, -0.15) is 0 Å². The fraction of sp³-hybridized carbons (Fsp3) is 0.107. The summed E-state index contributed by atoms with van der Waals surface area (Å²) in [4.78, 5) is 27.2. The molecule has 0 aliphatic carbocycles. The van der Waals surface area contributed by atoms with Crippen LogP contribution in [0, 0.1) is 5.41 Å². The maximum Gasteiger partial charge on any atom is 0.251 e. The van der Waals surface area contributed by atoms with Crippen LogP contribution in [0.25, 0.3) is 0 Å². The molecule has 170 valence electrons. The zero-order valence-electron chi connectivity index (χ0n) is 18.7. The molecule has 0 aliphatic heterocycles. The molecule has 0 fully saturated rings. The molecule has 0 saturated carbocycles. The lowest BCUT2D eigenvalue weighted by Gasteiger charge is -2.09. The van der Waals surface area contributed by atoms with E-state index in [1.54, 1.807) is 24.4 Å². The van der Waals surface area contributed by atoms with Crippen LogP contribution in [-0.4, -0.2) is 16.7 Å². The topological polar surface area (TPSA) is 112 Å². The molecule has 0 bridgehead atoms. The fourth-order valence-corrected chi connectivity index (χ4v) is 3.74. The second-order valence-electron chi connectivity index (χ2n) is 8.19. The number of carbonyl (C=O) groups excluding carboxylic acids is 1. The molecule has 0 saturated heterocycles. The van der Waals surface area contributed by atoms with E-state index in [2.05, 4.69) is 22.4 Å². The van der Waals surface area contributed by atoms with Crippen LogP contribution in [0.1, 0.15) is 43.7 Å². The first kappa shape index (κ1) is 22.7. The van der Waals surface area contributed by atoms with Crippen molar-refractivity contribution in [3.63, 3.8) is 0 Å². The Balaban J connectivity index is 1.36. The number of nitrogens with two attached hydrogens (primary N) is 1. The quantitative estimate of drug-likeness (QED) is 0.242. The summed E-state index contributed by atoms with van der Waals surface area (Å²) < 4.78 is 0. The Labute approximate surface area is 198 Å². The molecule has 0 aliphatic rings. The van der Waals surface area contributed by atoms with Gasteiger partial charge in [0.1, 0.15) is 5.84 Å². The molecular weight excluding hydrogens is 424 g/mol. The Morgan fingerprint density at radius 1 is 0.794 bits per heavy atom. The van der Waals surface area contributed by atoms with E-state index in [9.17, 15) is 9.59 Å². The van der Waals surface area contributed by atoms with Crippen molar-refractivity contribution in [2.24, 2.45) is 5.73 Å². The van der Waals surface area contributed by atoms with Crippen LogP contribution >= 0.6 is 0 Å². The maximum atomic E-state index is 12.7. The minimum atomic E-state index is -0.138. The number of carbonyl (C=O) groups is 1. The Morgan fingerprint density at radius 2 is 1.47 bits per heavy atom. The van der Waals surface area contributed by atoms with E-state index < -0.39 is 0 Å². The molecule has 1 amide bonds. The van der Waals surface area contributed by atoms with Crippen LogP contribution in [0.4, 0.5) is 0 Å². The third kappa shape index (κ3) is 5.86. The number of benzene rings is 3. The number of amides is 1. The number of H-pyrrole nitrogens is 1. The molecule has 5 N–H and O–H groups in total. The van der Waals surface area contributed by atoms with E-state index in [0.29, 0.717) is 30.5 Å². The van der Waals surface area contributed by atoms with E-state index in [4.69, 9.17) is 11.1 Å². The molecule has 0 unspecified atom stereocenters. The highest BCUT2D eigenvalue weighted by Crippen LogP contribution is 2.14. The van der Waals surface area contributed by atoms with Crippen molar-refractivity contribution in [3.05, 3.63) is 140 Å². The maximum absolute atomic E-state index is 12.7. The lowest BCUT2D eigenvalue weighted by molar-refractivity contribution is 0.0951. The highest BCUT2D eigenvalue weighted by atomic mass is 16.1. The molecular formula is C28H26N4O2. The number of nitrogen functional groups attached to an aromatic ring is 1. The number of amidine groups is 1. The van der Waals surface area contributed by atoms with Crippen LogP contribution in [0.2, 0.25) is 0 Å². The predicted molar refractivity (Wildman–Crippen MR) is 134 cm³/mol. The zero-order valence-corrected chi connectivity index (χ0v) is 18.7. The summed E-state index contributed by atoms with van der Waals surface area (Å²) in [6.45, 7) is 0.396. The van der Waals surface area contributed by atoms with Crippen molar-refractivity contribution >= 4 is 11.7 Å². The van der Waals surface area contributed by atoms with Crippen LogP contribution in [0.5, 0.6) is 0 Å². The minimum Gasteiger partial charge on any atom is -0.384 e. The van der Waals surface area contributed by atoms with Crippen LogP contribution < -0.4 is 16.6 Å². The van der Waals surface area contributed by atoms with E-state index in [1.807, 2.05) is 54.6 Å². The van der Waals surface area contributed by atoms with Gasteiger partial charge in [0.05, 0.1) is 0 Å². The molecule has 0 atom stereocenters. The van der Waals surface area contributed by atoms with Gasteiger partial charge in [0.15, 0.2) is 0 Å². The first-order chi connectivity index (χ1) is 16.5. The van der Waals surface area contributed by atoms with Crippen molar-refractivity contribution < 1.29 is 4.79 Å². The van der Waals surface area contributed by atoms with Gasteiger partial charge >= 0.3 is 0 Å². The van der Waals surface area contributed by atoms with Gasteiger partial charge in [0.25, 0.3) is 11.5 Å². The molecule has 4 aromatic rings. The monoisotopic (exact) mass is 450 g/mol. The zero-order chi connectivity index (χ0) is 23.9. The number of aromatic nitrogens is 1. The van der Waals surface area contributed by atoms with Crippen LogP contribution in [0.3, 0.4) is 0 Å². The van der Waals surface area contributed by atoms with E-state index in [0.717, 1.165) is 27.8 Å². The lowest BCUT2D eigenvalue weighted by Crippen LogP contribution is -2.23. The Hall–Kier alpha value is -4.45. The summed E-state index contributed by atoms with van der Waals surface area (Å²) in [5.74, 6) is -0.116. The van der Waals surface area contributed by atoms with Gasteiger partial charge < -0.3 is 16.0 Å². The number of pyridine rings is 1. The average Bonchev–Trinajstić information content (AvgIpc) is 2.85. The molecule has 4 rings (SSSR count). The molecule has 1 aromatic heterocycles. The summed E-state index contributed by atoms with van der Waals surface area (Å²) >= 11 is 0. The van der Waals surface area contributed by atoms with Crippen molar-refractivity contribution in [1.29, 1.82) is 5.41 Å². The second kappa shape index (κ2) is 10.4. The predicted octanol–water partition coefficient (Wildman–Crippen LogP) is 3.77. The number of hydrogen-bond acceptors (Lipinski definition) is 3. The van der Waals surface area contributed by atoms with E-state index >= 15 is 0 Å². The summed E-state index contributed by atoms with van der Waals surface area (Å²) in [7, 11) is 0. The molecule has 1 heterocycles. The first-order valence-corrected chi connectivity index (χ1v) is 11.0. The van der Waals surface area contributed by atoms with Crippen molar-refractivity contribution in [3.8, 4) is 0 Å². The van der Waals surface area contributed by atoms with Gasteiger partial charge in [-0.15, -0.1) is 0 Å². The number of hydrogen-bond donors (Lipinski definition) is 4. The van der Waals surface area contributed by atoms with E-state index in [1.165, 1.54) is 0 Å². The van der Waals surface area contributed by atoms with Gasteiger partial charge in [0.2, 0.25) is 0 Å². The largest absolute Gasteiger partial charge is 0.384 e. The third-order valence-electron chi connectivity index (χ3n) is 5.63. The van der Waals surface area contributed by atoms with Crippen molar-refractivity contribution in [2.45, 2.75) is 19.4 Å². The lowest BCUT2D eigenvalue weighted by atomic mass is 9.99. The Morgan fingerprint density at radius 3 is 2.15 bits per heavy atom. The van der Waals surface area contributed by atoms with Gasteiger partial charge in [0, 0.05) is 35.9 Å². The number of nitrogens with one attached hydrogen (secondary N) is 3. The summed E-state index contributed by atoms with van der Waals surface area (Å²) in [5, 5.41) is 10.4. The molecule has 34 heavy (non-hydrogen) atoms. The Bertz CT molecular complexity index is 1360. The van der Waals surface area contributed by atoms with Crippen LogP contribution in [0.15, 0.2) is 95.9 Å². The molecule has 0 spiro atoms. The van der Waals surface area contributed by atoms with Gasteiger partial charge in [-0.05, 0) is 46.9 Å². The highest BCUT2D eigenvalue weighted by molar-refractivity contribution is 5.95. The standard InChI is InChI=1S/C28H26N4O2/c29-26(30)23-12-10-21(11-13-23)18-32-28(34)24-4-1-3-22(17-24)15-19-6-8-20(9-7-19)16-25-5-2-14-31-27(25)33/h1-14,17H,15-16,18H2,(H3,29,30)(H,31,33)(H,32,34). The smallest absolute Gasteiger partial charge is 0.251 e. The third-order valence-corrected chi connectivity index (χ3v) is 5.63. The fourth-order valence-electron chi connectivity index (χ4n) is 3.74. The highest BCUT2D eigenvalue weighted by Gasteiger charge is 2.08. The summed E-state index contributed by atoms with van der Waals surface area (Å²) in [6, 6.07) is 26.7. The second-order valence-corrected chi connectivity index (χ2v) is 8.19. The molecule has 6 heteroatoms. The minimum absolute atomic E-state index is 0.0217. The van der Waals surface area contributed by atoms with Crippen LogP contribution in [-0.2, 0) is 19.4 Å². The van der Waals surface area contributed by atoms with Gasteiger partial charge in [-0.3, -0.25) is 15.0 Å². The van der Waals surface area contributed by atoms with Crippen molar-refractivity contribution in [2.75, 3.05) is 0 Å². The number of rotatable bonds is 8. The SMILES string of the molecule is N=C(N)c1ccc(CNC(=O)c2cccc(Cc3ccc(Cc4ccc[nH]c4=O)cc3)c2)cc1. The Kier molecular flexibility index (Phi) is 6.98.